The van der Waals surface area contributed by atoms with E-state index in [2.05, 4.69) is 4.98 Å². The minimum absolute atomic E-state index is 0.0523. The zero-order valence-electron chi connectivity index (χ0n) is 12.7. The molecule has 0 atom stereocenters. The average molecular weight is 323 g/mol. The van der Waals surface area contributed by atoms with Gasteiger partial charge in [-0.15, -0.1) is 0 Å². The number of nitrogens with one attached hydrogen (secondary N) is 1. The van der Waals surface area contributed by atoms with Gasteiger partial charge in [0, 0.05) is 34.8 Å². The van der Waals surface area contributed by atoms with Gasteiger partial charge in [0.15, 0.2) is 5.76 Å². The van der Waals surface area contributed by atoms with Crippen LogP contribution in [0.1, 0.15) is 15.9 Å². The van der Waals surface area contributed by atoms with Crippen LogP contribution in [0.25, 0.3) is 17.0 Å². The van der Waals surface area contributed by atoms with E-state index in [1.807, 2.05) is 18.2 Å². The van der Waals surface area contributed by atoms with Crippen LogP contribution in [0.3, 0.4) is 0 Å². The molecule has 0 fully saturated rings. The second kappa shape index (κ2) is 5.06. The van der Waals surface area contributed by atoms with Gasteiger partial charge in [-0.05, 0) is 24.3 Å². The molecule has 1 aliphatic rings. The first kappa shape index (κ1) is 14.2. The van der Waals surface area contributed by atoms with E-state index in [4.69, 9.17) is 9.47 Å². The highest BCUT2D eigenvalue weighted by atomic mass is 16.5. The Kier molecular flexibility index (Phi) is 2.99. The van der Waals surface area contributed by atoms with E-state index in [1.165, 1.54) is 6.07 Å². The van der Waals surface area contributed by atoms with Crippen molar-refractivity contribution in [3.63, 3.8) is 0 Å². The minimum atomic E-state index is -0.431. The van der Waals surface area contributed by atoms with Crippen LogP contribution in [0.15, 0.2) is 42.3 Å². The SMILES string of the molecule is COc1ccc2[nH]cc(/C=C3/Oc4cc(O)cc(O)c4C3=O)c2c1. The van der Waals surface area contributed by atoms with Gasteiger partial charge in [-0.3, -0.25) is 4.79 Å². The Morgan fingerprint density at radius 1 is 1.21 bits per heavy atom. The van der Waals surface area contributed by atoms with Crippen molar-refractivity contribution in [3.05, 3.63) is 53.4 Å². The van der Waals surface area contributed by atoms with Crippen LogP contribution in [0.4, 0.5) is 0 Å². The number of ether oxygens (including phenoxy) is 2. The van der Waals surface area contributed by atoms with Crippen LogP contribution in [0.5, 0.6) is 23.0 Å². The van der Waals surface area contributed by atoms with E-state index in [0.717, 1.165) is 22.5 Å². The molecule has 6 nitrogen and oxygen atoms in total. The molecular weight excluding hydrogens is 310 g/mol. The highest BCUT2D eigenvalue weighted by Crippen LogP contribution is 2.41. The number of phenolic OH excluding ortho intramolecular Hbond substituents is 2. The molecule has 0 radical (unpaired) electrons. The summed E-state index contributed by atoms with van der Waals surface area (Å²) in [5.41, 5.74) is 1.70. The summed E-state index contributed by atoms with van der Waals surface area (Å²) in [5, 5.41) is 20.2. The van der Waals surface area contributed by atoms with E-state index in [1.54, 1.807) is 19.4 Å². The molecule has 0 amide bonds. The normalized spacial score (nSPS) is 14.9. The lowest BCUT2D eigenvalue weighted by molar-refractivity contribution is 0.101. The number of rotatable bonds is 2. The van der Waals surface area contributed by atoms with Crippen LogP contribution < -0.4 is 9.47 Å². The van der Waals surface area contributed by atoms with Gasteiger partial charge >= 0.3 is 0 Å². The van der Waals surface area contributed by atoms with Crippen molar-refractivity contribution in [1.82, 2.24) is 4.98 Å². The maximum absolute atomic E-state index is 12.4. The second-order valence-electron chi connectivity index (χ2n) is 5.43. The van der Waals surface area contributed by atoms with Crippen molar-refractivity contribution in [2.24, 2.45) is 0 Å². The molecule has 1 aliphatic heterocycles. The molecule has 120 valence electrons. The first-order valence-corrected chi connectivity index (χ1v) is 7.22. The molecule has 3 N–H and O–H groups in total. The van der Waals surface area contributed by atoms with Crippen LogP contribution in [0, 0.1) is 0 Å². The highest BCUT2D eigenvalue weighted by Gasteiger charge is 2.31. The summed E-state index contributed by atoms with van der Waals surface area (Å²) in [6, 6.07) is 7.98. The van der Waals surface area contributed by atoms with Gasteiger partial charge in [-0.1, -0.05) is 0 Å². The topological polar surface area (TPSA) is 91.8 Å². The molecule has 0 spiro atoms. The molecule has 0 bridgehead atoms. The highest BCUT2D eigenvalue weighted by molar-refractivity contribution is 6.16. The van der Waals surface area contributed by atoms with Gasteiger partial charge in [0.1, 0.15) is 28.6 Å². The molecular formula is C18H13NO5. The van der Waals surface area contributed by atoms with Crippen molar-refractivity contribution >= 4 is 22.8 Å². The molecule has 1 aromatic heterocycles. The molecule has 2 aromatic carbocycles. The Labute approximate surface area is 136 Å². The van der Waals surface area contributed by atoms with E-state index in [0.29, 0.717) is 5.75 Å². The Hall–Kier alpha value is -3.41. The average Bonchev–Trinajstić information content (AvgIpc) is 3.09. The predicted molar refractivity (Wildman–Crippen MR) is 87.6 cm³/mol. The number of fused-ring (bicyclic) bond motifs is 2. The Morgan fingerprint density at radius 3 is 2.83 bits per heavy atom. The number of methoxy groups -OCH3 is 1. The van der Waals surface area contributed by atoms with Gasteiger partial charge in [0.2, 0.25) is 5.78 Å². The lowest BCUT2D eigenvalue weighted by atomic mass is 10.1. The number of phenols is 2. The van der Waals surface area contributed by atoms with Gasteiger partial charge in [-0.25, -0.2) is 0 Å². The van der Waals surface area contributed by atoms with Crippen LogP contribution >= 0.6 is 0 Å². The van der Waals surface area contributed by atoms with Crippen molar-refractivity contribution in [2.45, 2.75) is 0 Å². The van der Waals surface area contributed by atoms with Gasteiger partial charge in [0.05, 0.1) is 7.11 Å². The molecule has 4 rings (SSSR count). The molecule has 0 saturated carbocycles. The van der Waals surface area contributed by atoms with Crippen LogP contribution in [-0.2, 0) is 0 Å². The number of hydrogen-bond donors (Lipinski definition) is 3. The molecule has 24 heavy (non-hydrogen) atoms. The first-order valence-electron chi connectivity index (χ1n) is 7.22. The second-order valence-corrected chi connectivity index (χ2v) is 5.43. The largest absolute Gasteiger partial charge is 0.508 e. The number of Topliss-reactive ketones (excluding diaryl/α,β-unsaturated/α-hetero) is 1. The maximum Gasteiger partial charge on any atom is 0.235 e. The number of aromatic hydroxyl groups is 2. The molecule has 3 aromatic rings. The third kappa shape index (κ3) is 2.08. The number of allylic oxidation sites excluding steroid dienone is 1. The van der Waals surface area contributed by atoms with Crippen molar-refractivity contribution in [2.75, 3.05) is 7.11 Å². The van der Waals surface area contributed by atoms with E-state index >= 15 is 0 Å². The number of H-pyrrole nitrogens is 1. The third-order valence-corrected chi connectivity index (χ3v) is 3.94. The summed E-state index contributed by atoms with van der Waals surface area (Å²) in [7, 11) is 1.58. The number of carbonyl (C=O) groups excluding carboxylic acids is 1. The molecule has 0 saturated heterocycles. The number of ketones is 1. The standard InChI is InChI=1S/C18H13NO5/c1-23-11-2-3-13-12(7-11)9(8-19-13)4-16-18(22)17-14(21)5-10(20)6-15(17)24-16/h2-8,19-21H,1H3/b16-4+. The zero-order valence-corrected chi connectivity index (χ0v) is 12.7. The van der Waals surface area contributed by atoms with Crippen molar-refractivity contribution < 1.29 is 24.5 Å². The van der Waals surface area contributed by atoms with E-state index in [-0.39, 0.29) is 28.6 Å². The van der Waals surface area contributed by atoms with Crippen molar-refractivity contribution in [3.8, 4) is 23.0 Å². The fraction of sp³-hybridized carbons (Fsp3) is 0.0556. The Morgan fingerprint density at radius 2 is 2.04 bits per heavy atom. The summed E-state index contributed by atoms with van der Waals surface area (Å²) >= 11 is 0. The van der Waals surface area contributed by atoms with E-state index < -0.39 is 5.78 Å². The smallest absolute Gasteiger partial charge is 0.235 e. The maximum atomic E-state index is 12.4. The third-order valence-electron chi connectivity index (χ3n) is 3.94. The predicted octanol–water partition coefficient (Wildman–Crippen LogP) is 3.20. The van der Waals surface area contributed by atoms with Crippen LogP contribution in [-0.4, -0.2) is 28.1 Å². The van der Waals surface area contributed by atoms with E-state index in [9.17, 15) is 15.0 Å². The number of carbonyl (C=O) groups is 1. The monoisotopic (exact) mass is 323 g/mol. The van der Waals surface area contributed by atoms with Crippen LogP contribution in [0.2, 0.25) is 0 Å². The van der Waals surface area contributed by atoms with Crippen molar-refractivity contribution in [1.29, 1.82) is 0 Å². The number of aromatic nitrogens is 1. The lowest BCUT2D eigenvalue weighted by Gasteiger charge is -2.01. The summed E-state index contributed by atoms with van der Waals surface area (Å²) < 4.78 is 10.7. The summed E-state index contributed by atoms with van der Waals surface area (Å²) in [5.74, 6) is 0.0120. The lowest BCUT2D eigenvalue weighted by Crippen LogP contribution is -1.98. The Bertz CT molecular complexity index is 1020. The molecule has 0 aliphatic carbocycles. The first-order chi connectivity index (χ1) is 11.6. The molecule has 6 heteroatoms. The molecule has 2 heterocycles. The van der Waals surface area contributed by atoms with Gasteiger partial charge < -0.3 is 24.7 Å². The number of benzene rings is 2. The fourth-order valence-electron chi connectivity index (χ4n) is 2.79. The zero-order chi connectivity index (χ0) is 16.8. The summed E-state index contributed by atoms with van der Waals surface area (Å²) in [4.78, 5) is 15.6. The number of hydrogen-bond acceptors (Lipinski definition) is 5. The molecule has 0 unspecified atom stereocenters. The summed E-state index contributed by atoms with van der Waals surface area (Å²) in [6.45, 7) is 0. The fourth-order valence-corrected chi connectivity index (χ4v) is 2.79. The quantitative estimate of drug-likeness (QED) is 0.630. The van der Waals surface area contributed by atoms with Gasteiger partial charge in [-0.2, -0.15) is 0 Å². The van der Waals surface area contributed by atoms with Gasteiger partial charge in [0.25, 0.3) is 0 Å². The Balaban J connectivity index is 1.80. The number of aromatic amines is 1. The minimum Gasteiger partial charge on any atom is -0.508 e. The summed E-state index contributed by atoms with van der Waals surface area (Å²) in [6.07, 6.45) is 3.35.